The molecule has 0 radical (unpaired) electrons. The number of carbonyl (C=O) groups is 1. The summed E-state index contributed by atoms with van der Waals surface area (Å²) in [5, 5.41) is 0. The average molecular weight is 198 g/mol. The van der Waals surface area contributed by atoms with Crippen LogP contribution in [0.15, 0.2) is 0 Å². The van der Waals surface area contributed by atoms with Gasteiger partial charge in [-0.3, -0.25) is 4.79 Å². The van der Waals surface area contributed by atoms with Crippen LogP contribution < -0.4 is 5.73 Å². The standard InChI is InChI=1S/C11H22N2O/c1-4-8(2)11(14)13-6-5-9(3)10(12)7-13/h8-10H,4-7,12H2,1-3H3. The van der Waals surface area contributed by atoms with Gasteiger partial charge in [-0.1, -0.05) is 20.8 Å². The lowest BCUT2D eigenvalue weighted by Gasteiger charge is -2.36. The van der Waals surface area contributed by atoms with Crippen LogP contribution in [0, 0.1) is 11.8 Å². The number of nitrogens with two attached hydrogens (primary N) is 1. The number of hydrogen-bond donors (Lipinski definition) is 1. The monoisotopic (exact) mass is 198 g/mol. The Hall–Kier alpha value is -0.570. The minimum Gasteiger partial charge on any atom is -0.341 e. The second-order valence-corrected chi connectivity index (χ2v) is 4.52. The summed E-state index contributed by atoms with van der Waals surface area (Å²) >= 11 is 0. The largest absolute Gasteiger partial charge is 0.341 e. The maximum atomic E-state index is 11.9. The Balaban J connectivity index is 2.50. The van der Waals surface area contributed by atoms with Crippen LogP contribution in [-0.2, 0) is 4.79 Å². The Kier molecular flexibility index (Phi) is 3.93. The van der Waals surface area contributed by atoms with E-state index in [-0.39, 0.29) is 17.9 Å². The van der Waals surface area contributed by atoms with Crippen molar-refractivity contribution in [2.24, 2.45) is 17.6 Å². The first-order valence-corrected chi connectivity index (χ1v) is 5.60. The second kappa shape index (κ2) is 4.78. The van der Waals surface area contributed by atoms with Gasteiger partial charge in [0, 0.05) is 25.0 Å². The van der Waals surface area contributed by atoms with E-state index < -0.39 is 0 Å². The maximum absolute atomic E-state index is 11.9. The molecule has 1 aliphatic heterocycles. The van der Waals surface area contributed by atoms with E-state index in [2.05, 4.69) is 13.8 Å². The second-order valence-electron chi connectivity index (χ2n) is 4.52. The topological polar surface area (TPSA) is 46.3 Å². The summed E-state index contributed by atoms with van der Waals surface area (Å²) in [6, 6.07) is 0.164. The Morgan fingerprint density at radius 3 is 2.79 bits per heavy atom. The molecule has 0 bridgehead atoms. The van der Waals surface area contributed by atoms with Gasteiger partial charge in [0.25, 0.3) is 0 Å². The van der Waals surface area contributed by atoms with Gasteiger partial charge in [0.2, 0.25) is 5.91 Å². The van der Waals surface area contributed by atoms with Crippen molar-refractivity contribution < 1.29 is 4.79 Å². The van der Waals surface area contributed by atoms with Crippen LogP contribution in [0.1, 0.15) is 33.6 Å². The Labute approximate surface area is 86.6 Å². The average Bonchev–Trinajstić information content (AvgIpc) is 2.20. The van der Waals surface area contributed by atoms with Gasteiger partial charge in [0.05, 0.1) is 0 Å². The molecule has 3 heteroatoms. The zero-order chi connectivity index (χ0) is 10.7. The summed E-state index contributed by atoms with van der Waals surface area (Å²) in [6.07, 6.45) is 1.96. The highest BCUT2D eigenvalue weighted by Crippen LogP contribution is 2.18. The molecule has 0 aromatic heterocycles. The molecule has 2 N–H and O–H groups in total. The molecule has 3 atom stereocenters. The molecule has 14 heavy (non-hydrogen) atoms. The van der Waals surface area contributed by atoms with Crippen LogP contribution >= 0.6 is 0 Å². The summed E-state index contributed by atoms with van der Waals surface area (Å²) in [5.41, 5.74) is 5.95. The van der Waals surface area contributed by atoms with Crippen molar-refractivity contribution in [2.75, 3.05) is 13.1 Å². The van der Waals surface area contributed by atoms with Crippen molar-refractivity contribution in [2.45, 2.75) is 39.7 Å². The van der Waals surface area contributed by atoms with E-state index in [0.717, 1.165) is 25.9 Å². The normalized spacial score (nSPS) is 30.1. The highest BCUT2D eigenvalue weighted by Gasteiger charge is 2.27. The van der Waals surface area contributed by atoms with Crippen LogP contribution in [0.25, 0.3) is 0 Å². The van der Waals surface area contributed by atoms with Gasteiger partial charge in [0.15, 0.2) is 0 Å². The smallest absolute Gasteiger partial charge is 0.225 e. The van der Waals surface area contributed by atoms with E-state index in [1.807, 2.05) is 11.8 Å². The molecule has 3 unspecified atom stereocenters. The molecule has 1 amide bonds. The first-order chi connectivity index (χ1) is 6.56. The Bertz CT molecular complexity index is 205. The molecular weight excluding hydrogens is 176 g/mol. The minimum absolute atomic E-state index is 0.149. The fourth-order valence-corrected chi connectivity index (χ4v) is 1.79. The van der Waals surface area contributed by atoms with Gasteiger partial charge in [-0.15, -0.1) is 0 Å². The van der Waals surface area contributed by atoms with Crippen LogP contribution in [-0.4, -0.2) is 29.9 Å². The van der Waals surface area contributed by atoms with Crippen molar-refractivity contribution in [3.63, 3.8) is 0 Å². The van der Waals surface area contributed by atoms with Gasteiger partial charge < -0.3 is 10.6 Å². The first kappa shape index (κ1) is 11.5. The molecule has 0 aliphatic carbocycles. The number of nitrogens with zero attached hydrogens (tertiary/aromatic N) is 1. The predicted octanol–water partition coefficient (Wildman–Crippen LogP) is 1.23. The molecule has 1 aliphatic rings. The summed E-state index contributed by atoms with van der Waals surface area (Å²) < 4.78 is 0. The molecule has 1 fully saturated rings. The van der Waals surface area contributed by atoms with Crippen molar-refractivity contribution in [1.82, 2.24) is 4.90 Å². The Morgan fingerprint density at radius 1 is 1.64 bits per heavy atom. The molecule has 1 saturated heterocycles. The molecule has 3 nitrogen and oxygen atoms in total. The fraction of sp³-hybridized carbons (Fsp3) is 0.909. The number of carbonyl (C=O) groups excluding carboxylic acids is 1. The predicted molar refractivity (Wildman–Crippen MR) is 57.8 cm³/mol. The van der Waals surface area contributed by atoms with E-state index in [4.69, 9.17) is 5.73 Å². The number of hydrogen-bond acceptors (Lipinski definition) is 2. The van der Waals surface area contributed by atoms with Crippen LogP contribution in [0.3, 0.4) is 0 Å². The third-order valence-corrected chi connectivity index (χ3v) is 3.36. The zero-order valence-electron chi connectivity index (χ0n) is 9.49. The van der Waals surface area contributed by atoms with E-state index in [1.165, 1.54) is 0 Å². The third kappa shape index (κ3) is 2.47. The molecular formula is C11H22N2O. The van der Waals surface area contributed by atoms with Gasteiger partial charge in [-0.2, -0.15) is 0 Å². The van der Waals surface area contributed by atoms with Gasteiger partial charge in [-0.05, 0) is 18.8 Å². The van der Waals surface area contributed by atoms with Crippen LogP contribution in [0.2, 0.25) is 0 Å². The first-order valence-electron chi connectivity index (χ1n) is 5.60. The van der Waals surface area contributed by atoms with Crippen molar-refractivity contribution in [3.8, 4) is 0 Å². The maximum Gasteiger partial charge on any atom is 0.225 e. The minimum atomic E-state index is 0.149. The number of piperidine rings is 1. The molecule has 0 aromatic carbocycles. The number of likely N-dealkylation sites (tertiary alicyclic amines) is 1. The molecule has 82 valence electrons. The van der Waals surface area contributed by atoms with Crippen molar-refractivity contribution in [1.29, 1.82) is 0 Å². The molecule has 0 aromatic rings. The number of amides is 1. The quantitative estimate of drug-likeness (QED) is 0.725. The van der Waals surface area contributed by atoms with Gasteiger partial charge in [0.1, 0.15) is 0 Å². The SMILES string of the molecule is CCC(C)C(=O)N1CCC(C)C(N)C1. The molecule has 0 spiro atoms. The molecule has 0 saturated carbocycles. The summed E-state index contributed by atoms with van der Waals surface area (Å²) in [4.78, 5) is 13.8. The Morgan fingerprint density at radius 2 is 2.29 bits per heavy atom. The van der Waals surface area contributed by atoms with Gasteiger partial charge in [-0.25, -0.2) is 0 Å². The fourth-order valence-electron chi connectivity index (χ4n) is 1.79. The van der Waals surface area contributed by atoms with Crippen LogP contribution in [0.5, 0.6) is 0 Å². The van der Waals surface area contributed by atoms with Crippen molar-refractivity contribution >= 4 is 5.91 Å². The van der Waals surface area contributed by atoms with E-state index in [9.17, 15) is 4.79 Å². The molecule has 1 heterocycles. The highest BCUT2D eigenvalue weighted by atomic mass is 16.2. The number of rotatable bonds is 2. The third-order valence-electron chi connectivity index (χ3n) is 3.36. The molecule has 1 rings (SSSR count). The van der Waals surface area contributed by atoms with E-state index in [1.54, 1.807) is 0 Å². The van der Waals surface area contributed by atoms with E-state index in [0.29, 0.717) is 5.92 Å². The van der Waals surface area contributed by atoms with Crippen molar-refractivity contribution in [3.05, 3.63) is 0 Å². The lowest BCUT2D eigenvalue weighted by molar-refractivity contribution is -0.136. The lowest BCUT2D eigenvalue weighted by Crippen LogP contribution is -2.50. The summed E-state index contributed by atoms with van der Waals surface area (Å²) in [5.74, 6) is 0.974. The highest BCUT2D eigenvalue weighted by molar-refractivity contribution is 5.78. The zero-order valence-corrected chi connectivity index (χ0v) is 9.49. The van der Waals surface area contributed by atoms with Crippen LogP contribution in [0.4, 0.5) is 0 Å². The van der Waals surface area contributed by atoms with Gasteiger partial charge >= 0.3 is 0 Å². The lowest BCUT2D eigenvalue weighted by atomic mass is 9.93. The van der Waals surface area contributed by atoms with E-state index >= 15 is 0 Å². The summed E-state index contributed by atoms with van der Waals surface area (Å²) in [7, 11) is 0. The summed E-state index contributed by atoms with van der Waals surface area (Å²) in [6.45, 7) is 7.83.